The zero-order valence-corrected chi connectivity index (χ0v) is 13.4. The zero-order chi connectivity index (χ0) is 17.0. The Morgan fingerprint density at radius 3 is 2.96 bits per heavy atom. The van der Waals surface area contributed by atoms with E-state index in [0.29, 0.717) is 55.0 Å². The summed E-state index contributed by atoms with van der Waals surface area (Å²) in [5.74, 6) is 2.99. The molecule has 0 saturated heterocycles. The smallest absolute Gasteiger partial charge is 0.224 e. The van der Waals surface area contributed by atoms with Crippen molar-refractivity contribution < 1.29 is 13.9 Å². The Labute approximate surface area is 139 Å². The number of ether oxygens (including phenoxy) is 1. The molecule has 0 radical (unpaired) electrons. The number of aromatic nitrogens is 1. The van der Waals surface area contributed by atoms with Crippen molar-refractivity contribution in [2.24, 2.45) is 10.2 Å². The minimum Gasteiger partial charge on any atom is -0.438 e. The molecule has 3 rings (SSSR count). The van der Waals surface area contributed by atoms with Crippen LogP contribution in [-0.2, 0) is 16.1 Å². The number of carbonyl (C=O) groups excluding carboxylic acids is 1. The monoisotopic (exact) mass is 326 g/mol. The molecule has 2 aromatic rings. The van der Waals surface area contributed by atoms with Crippen molar-refractivity contribution in [3.05, 3.63) is 24.1 Å². The van der Waals surface area contributed by atoms with Crippen molar-refractivity contribution in [2.75, 3.05) is 12.4 Å². The van der Waals surface area contributed by atoms with E-state index in [1.165, 1.54) is 0 Å². The minimum atomic E-state index is -0.436. The topological polar surface area (TPSA) is 89.1 Å². The van der Waals surface area contributed by atoms with E-state index in [4.69, 9.17) is 15.6 Å². The molecule has 0 atom stereocenters. The number of nitrogens with zero attached hydrogens (tertiary/aromatic N) is 3. The van der Waals surface area contributed by atoms with Crippen LogP contribution < -0.4 is 5.32 Å². The lowest BCUT2D eigenvalue weighted by molar-refractivity contribution is -0.116. The average Bonchev–Trinajstić information content (AvgIpc) is 3.23. The van der Waals surface area contributed by atoms with Crippen molar-refractivity contribution in [3.8, 4) is 12.3 Å². The molecule has 2 heterocycles. The second kappa shape index (κ2) is 6.81. The molecule has 0 saturated carbocycles. The van der Waals surface area contributed by atoms with Crippen molar-refractivity contribution in [1.29, 1.82) is 0 Å². The molecule has 1 amide bonds. The lowest BCUT2D eigenvalue weighted by Gasteiger charge is -2.09. The first kappa shape index (κ1) is 16.1. The highest BCUT2D eigenvalue weighted by atomic mass is 16.5. The summed E-state index contributed by atoms with van der Waals surface area (Å²) in [5.41, 5.74) is 1.57. The number of anilines is 1. The van der Waals surface area contributed by atoms with E-state index in [1.807, 2.05) is 0 Å². The second-order valence-electron chi connectivity index (χ2n) is 5.66. The van der Waals surface area contributed by atoms with Gasteiger partial charge in [0, 0.05) is 38.5 Å². The van der Waals surface area contributed by atoms with Crippen LogP contribution in [0.5, 0.6) is 0 Å². The molecule has 0 fully saturated rings. The fraction of sp³-hybridized carbons (Fsp3) is 0.412. The number of terminal acetylenes is 1. The average molecular weight is 326 g/mol. The normalized spacial score (nSPS) is 14.5. The number of oxazole rings is 1. The first-order valence-corrected chi connectivity index (χ1v) is 7.70. The summed E-state index contributed by atoms with van der Waals surface area (Å²) >= 11 is 0. The summed E-state index contributed by atoms with van der Waals surface area (Å²) < 4.78 is 10.5. The predicted molar refractivity (Wildman–Crippen MR) is 88.2 cm³/mol. The van der Waals surface area contributed by atoms with E-state index >= 15 is 0 Å². The zero-order valence-electron chi connectivity index (χ0n) is 13.4. The molecule has 1 aromatic heterocycles. The number of methoxy groups -OCH3 is 1. The van der Waals surface area contributed by atoms with E-state index in [2.05, 4.69) is 26.4 Å². The molecule has 124 valence electrons. The van der Waals surface area contributed by atoms with Gasteiger partial charge in [0.15, 0.2) is 11.2 Å². The molecular formula is C17H18N4O3. The van der Waals surface area contributed by atoms with E-state index in [1.54, 1.807) is 25.3 Å². The molecule has 1 aliphatic heterocycles. The van der Waals surface area contributed by atoms with Gasteiger partial charge in [-0.3, -0.25) is 4.79 Å². The van der Waals surface area contributed by atoms with Crippen LogP contribution in [0.4, 0.5) is 5.69 Å². The SMILES string of the molecule is C#CCCC1(CCC(=O)Nc2ccc3oc(COC)nc3c2)N=N1. The van der Waals surface area contributed by atoms with E-state index < -0.39 is 5.66 Å². The van der Waals surface area contributed by atoms with Crippen molar-refractivity contribution in [3.63, 3.8) is 0 Å². The summed E-state index contributed by atoms with van der Waals surface area (Å²) in [6.45, 7) is 0.309. The van der Waals surface area contributed by atoms with Gasteiger partial charge in [-0.25, -0.2) is 4.98 Å². The van der Waals surface area contributed by atoms with Crippen LogP contribution in [0.25, 0.3) is 11.1 Å². The highest BCUT2D eigenvalue weighted by molar-refractivity contribution is 5.92. The van der Waals surface area contributed by atoms with Crippen LogP contribution in [0.2, 0.25) is 0 Å². The molecule has 7 nitrogen and oxygen atoms in total. The molecule has 1 N–H and O–H groups in total. The minimum absolute atomic E-state index is 0.0904. The standard InChI is InChI=1S/C17H18N4O3/c1-3-4-8-17(20-21-17)9-7-15(22)18-12-5-6-14-13(10-12)19-16(24-14)11-23-2/h1,5-6,10H,4,7-9,11H2,2H3,(H,18,22). The van der Waals surface area contributed by atoms with Gasteiger partial charge in [-0.15, -0.1) is 12.3 Å². The molecule has 24 heavy (non-hydrogen) atoms. The summed E-state index contributed by atoms with van der Waals surface area (Å²) in [6, 6.07) is 5.33. The van der Waals surface area contributed by atoms with Gasteiger partial charge in [-0.05, 0) is 18.2 Å². The predicted octanol–water partition coefficient (Wildman–Crippen LogP) is 3.27. The Morgan fingerprint density at radius 2 is 2.25 bits per heavy atom. The van der Waals surface area contributed by atoms with Crippen LogP contribution in [0, 0.1) is 12.3 Å². The molecule has 0 spiro atoms. The third kappa shape index (κ3) is 3.78. The summed E-state index contributed by atoms with van der Waals surface area (Å²) in [7, 11) is 1.58. The number of hydrogen-bond acceptors (Lipinski definition) is 6. The maximum atomic E-state index is 12.1. The second-order valence-corrected chi connectivity index (χ2v) is 5.66. The largest absolute Gasteiger partial charge is 0.438 e. The molecule has 0 bridgehead atoms. The Hall–Kier alpha value is -2.72. The number of fused-ring (bicyclic) bond motifs is 1. The molecule has 0 aliphatic carbocycles. The van der Waals surface area contributed by atoms with Crippen LogP contribution in [0.3, 0.4) is 0 Å². The van der Waals surface area contributed by atoms with Crippen LogP contribution in [0.15, 0.2) is 32.8 Å². The maximum Gasteiger partial charge on any atom is 0.224 e. The Balaban J connectivity index is 1.56. The van der Waals surface area contributed by atoms with Gasteiger partial charge in [0.2, 0.25) is 11.8 Å². The molecule has 1 aromatic carbocycles. The van der Waals surface area contributed by atoms with Gasteiger partial charge in [0.25, 0.3) is 0 Å². The lowest BCUT2D eigenvalue weighted by Crippen LogP contribution is -2.17. The van der Waals surface area contributed by atoms with Crippen molar-refractivity contribution in [1.82, 2.24) is 4.98 Å². The van der Waals surface area contributed by atoms with Crippen molar-refractivity contribution in [2.45, 2.75) is 38.0 Å². The highest BCUT2D eigenvalue weighted by Crippen LogP contribution is 2.37. The number of nitrogens with one attached hydrogen (secondary N) is 1. The molecule has 7 heteroatoms. The Bertz CT molecular complexity index is 813. The number of hydrogen-bond donors (Lipinski definition) is 1. The van der Waals surface area contributed by atoms with E-state index in [0.717, 1.165) is 0 Å². The summed E-state index contributed by atoms with van der Waals surface area (Å²) in [4.78, 5) is 16.4. The number of benzene rings is 1. The maximum absolute atomic E-state index is 12.1. The first-order valence-electron chi connectivity index (χ1n) is 7.70. The third-order valence-electron chi connectivity index (χ3n) is 3.79. The lowest BCUT2D eigenvalue weighted by atomic mass is 10.0. The highest BCUT2D eigenvalue weighted by Gasteiger charge is 2.39. The molecule has 0 unspecified atom stereocenters. The van der Waals surface area contributed by atoms with Gasteiger partial charge in [-0.1, -0.05) is 0 Å². The fourth-order valence-corrected chi connectivity index (χ4v) is 2.44. The van der Waals surface area contributed by atoms with E-state index in [-0.39, 0.29) is 5.91 Å². The van der Waals surface area contributed by atoms with Gasteiger partial charge in [-0.2, -0.15) is 10.2 Å². The Kier molecular flexibility index (Phi) is 4.58. The fourth-order valence-electron chi connectivity index (χ4n) is 2.44. The van der Waals surface area contributed by atoms with Crippen LogP contribution >= 0.6 is 0 Å². The summed E-state index contributed by atoms with van der Waals surface area (Å²) in [6.07, 6.45) is 7.48. The number of amides is 1. The Morgan fingerprint density at radius 1 is 1.42 bits per heavy atom. The number of rotatable bonds is 8. The number of carbonyl (C=O) groups is 1. The third-order valence-corrected chi connectivity index (χ3v) is 3.79. The van der Waals surface area contributed by atoms with Crippen molar-refractivity contribution >= 4 is 22.7 Å². The van der Waals surface area contributed by atoms with Gasteiger partial charge in [0.1, 0.15) is 12.1 Å². The van der Waals surface area contributed by atoms with Crippen LogP contribution in [-0.4, -0.2) is 23.7 Å². The first-order chi connectivity index (χ1) is 11.6. The van der Waals surface area contributed by atoms with Gasteiger partial charge < -0.3 is 14.5 Å². The molecule has 1 aliphatic rings. The van der Waals surface area contributed by atoms with E-state index in [9.17, 15) is 4.79 Å². The quantitative estimate of drug-likeness (QED) is 0.754. The van der Waals surface area contributed by atoms with Crippen LogP contribution in [0.1, 0.15) is 31.6 Å². The van der Waals surface area contributed by atoms with Gasteiger partial charge in [0.05, 0.1) is 0 Å². The molecular weight excluding hydrogens is 308 g/mol. The van der Waals surface area contributed by atoms with Gasteiger partial charge >= 0.3 is 0 Å². The summed E-state index contributed by atoms with van der Waals surface area (Å²) in [5, 5.41) is 10.9.